The molecule has 1 N–H and O–H groups in total. The summed E-state index contributed by atoms with van der Waals surface area (Å²) in [6.07, 6.45) is 1.54. The first-order valence-corrected chi connectivity index (χ1v) is 10.9. The Hall–Kier alpha value is -1.06. The third-order valence-electron chi connectivity index (χ3n) is 9.55. The van der Waals surface area contributed by atoms with Gasteiger partial charge in [-0.25, -0.2) is 0 Å². The van der Waals surface area contributed by atoms with Crippen molar-refractivity contribution in [3.05, 3.63) is 11.6 Å². The van der Waals surface area contributed by atoms with E-state index in [0.717, 1.165) is 32.1 Å². The van der Waals surface area contributed by atoms with E-state index in [-0.39, 0.29) is 41.6 Å². The number of fused-ring (bicyclic) bond motifs is 5. The second kappa shape index (κ2) is 6.72. The maximum Gasteiger partial charge on any atom is 0.417 e. The zero-order valence-electron chi connectivity index (χ0n) is 17.6. The Labute approximate surface area is 171 Å². The van der Waals surface area contributed by atoms with Crippen LogP contribution in [-0.2, 0) is 4.74 Å². The number of nitriles is 1. The third-order valence-corrected chi connectivity index (χ3v) is 9.55. The molecule has 0 spiro atoms. The Morgan fingerprint density at radius 1 is 1.17 bits per heavy atom. The molecule has 29 heavy (non-hydrogen) atoms. The highest BCUT2D eigenvalue weighted by Crippen LogP contribution is 2.68. The van der Waals surface area contributed by atoms with E-state index in [1.54, 1.807) is 13.2 Å². The van der Waals surface area contributed by atoms with E-state index in [1.165, 1.54) is 5.57 Å². The average molecular weight is 412 g/mol. The molecule has 4 fully saturated rings. The van der Waals surface area contributed by atoms with Gasteiger partial charge in [-0.1, -0.05) is 19.4 Å². The molecule has 6 heteroatoms. The average Bonchev–Trinajstić information content (AvgIpc) is 2.97. The fourth-order valence-corrected chi connectivity index (χ4v) is 7.98. The second-order valence-electron chi connectivity index (χ2n) is 10.5. The zero-order chi connectivity index (χ0) is 21.2. The Kier molecular flexibility index (Phi) is 4.91. The molecular formula is C23H32F3NO2. The number of nitrogens with zero attached hydrogens (tertiary/aromatic N) is 1. The van der Waals surface area contributed by atoms with Crippen LogP contribution in [0.5, 0.6) is 0 Å². The Morgan fingerprint density at radius 2 is 1.90 bits per heavy atom. The normalized spacial score (nSPS) is 51.1. The van der Waals surface area contributed by atoms with Crippen molar-refractivity contribution in [1.82, 2.24) is 0 Å². The van der Waals surface area contributed by atoms with Crippen molar-refractivity contribution in [2.24, 2.45) is 34.5 Å². The minimum atomic E-state index is -4.57. The number of methoxy groups -OCH3 is 1. The van der Waals surface area contributed by atoms with Gasteiger partial charge in [0.2, 0.25) is 0 Å². The predicted octanol–water partition coefficient (Wildman–Crippen LogP) is 5.40. The van der Waals surface area contributed by atoms with Crippen LogP contribution in [0.15, 0.2) is 11.6 Å². The van der Waals surface area contributed by atoms with E-state index >= 15 is 0 Å². The van der Waals surface area contributed by atoms with Gasteiger partial charge in [0.1, 0.15) is 0 Å². The summed E-state index contributed by atoms with van der Waals surface area (Å²) >= 11 is 0. The van der Waals surface area contributed by atoms with Crippen LogP contribution in [0.3, 0.4) is 0 Å². The molecule has 4 aliphatic carbocycles. The molecule has 0 heterocycles. The second-order valence-corrected chi connectivity index (χ2v) is 10.5. The lowest BCUT2D eigenvalue weighted by Crippen LogP contribution is -2.62. The van der Waals surface area contributed by atoms with Gasteiger partial charge >= 0.3 is 6.18 Å². The molecule has 0 aromatic heterocycles. The monoisotopic (exact) mass is 411 g/mol. The maximum atomic E-state index is 13.5. The molecule has 162 valence electrons. The van der Waals surface area contributed by atoms with Gasteiger partial charge < -0.3 is 9.84 Å². The van der Waals surface area contributed by atoms with E-state index in [4.69, 9.17) is 4.74 Å². The van der Waals surface area contributed by atoms with Crippen LogP contribution < -0.4 is 0 Å². The minimum absolute atomic E-state index is 0.0219. The van der Waals surface area contributed by atoms with Crippen LogP contribution in [0.2, 0.25) is 0 Å². The third kappa shape index (κ3) is 2.91. The van der Waals surface area contributed by atoms with E-state index in [1.807, 2.05) is 0 Å². The first-order valence-electron chi connectivity index (χ1n) is 10.9. The summed E-state index contributed by atoms with van der Waals surface area (Å²) in [4.78, 5) is 0. The summed E-state index contributed by atoms with van der Waals surface area (Å²) in [5.41, 5.74) is -1.63. The lowest BCUT2D eigenvalue weighted by molar-refractivity contribution is -0.293. The van der Waals surface area contributed by atoms with E-state index < -0.39 is 11.8 Å². The predicted molar refractivity (Wildman–Crippen MR) is 103 cm³/mol. The number of allylic oxidation sites excluding steroid dienone is 2. The molecule has 0 unspecified atom stereocenters. The molecule has 0 amide bonds. The summed E-state index contributed by atoms with van der Waals surface area (Å²) in [7, 11) is 1.72. The van der Waals surface area contributed by atoms with Crippen LogP contribution in [0, 0.1) is 45.8 Å². The molecule has 0 saturated heterocycles. The van der Waals surface area contributed by atoms with Crippen molar-refractivity contribution in [3.8, 4) is 6.07 Å². The van der Waals surface area contributed by atoms with Crippen molar-refractivity contribution in [2.75, 3.05) is 7.11 Å². The number of hydrogen-bond acceptors (Lipinski definition) is 3. The standard InChI is InChI=1S/C23H32F3NO2/c1-20-9-10-22(28,23(24,25)26)12-15(20)4-6-16-17-7-5-14(8-11-27)21(17,2)13-18(29-3)19(16)20/h8,15-19,28H,4-7,9-10,12-13H2,1-3H3/b14-8-/t15-,16+,17+,18+,19-,20+,21-,22-/m1/s1. The summed E-state index contributed by atoms with van der Waals surface area (Å²) in [5, 5.41) is 19.6. The quantitative estimate of drug-likeness (QED) is 0.588. The molecule has 4 rings (SSSR count). The number of ether oxygens (including phenoxy) is 1. The Bertz CT molecular complexity index is 743. The molecule has 0 bridgehead atoms. The van der Waals surface area contributed by atoms with Crippen molar-refractivity contribution in [3.63, 3.8) is 0 Å². The molecule has 0 aromatic carbocycles. The maximum absolute atomic E-state index is 13.5. The van der Waals surface area contributed by atoms with E-state index in [2.05, 4.69) is 19.9 Å². The van der Waals surface area contributed by atoms with Crippen LogP contribution in [0.25, 0.3) is 0 Å². The Balaban J connectivity index is 1.68. The number of alkyl halides is 3. The number of halogens is 3. The molecule has 4 saturated carbocycles. The van der Waals surface area contributed by atoms with Gasteiger partial charge in [0.05, 0.1) is 12.2 Å². The van der Waals surface area contributed by atoms with Crippen LogP contribution in [0.4, 0.5) is 13.2 Å². The fourth-order valence-electron chi connectivity index (χ4n) is 7.98. The fraction of sp³-hybridized carbons (Fsp3) is 0.870. The van der Waals surface area contributed by atoms with Gasteiger partial charge in [-0.05, 0) is 85.9 Å². The summed E-state index contributed by atoms with van der Waals surface area (Å²) in [5.74, 6) is 0.937. The van der Waals surface area contributed by atoms with Crippen molar-refractivity contribution < 1.29 is 23.0 Å². The van der Waals surface area contributed by atoms with Crippen LogP contribution in [0.1, 0.15) is 65.2 Å². The van der Waals surface area contributed by atoms with Crippen molar-refractivity contribution in [2.45, 2.75) is 83.1 Å². The Morgan fingerprint density at radius 3 is 2.52 bits per heavy atom. The first kappa shape index (κ1) is 21.2. The largest absolute Gasteiger partial charge is 0.417 e. The van der Waals surface area contributed by atoms with Gasteiger partial charge in [0.15, 0.2) is 5.60 Å². The van der Waals surface area contributed by atoms with Gasteiger partial charge in [-0.15, -0.1) is 0 Å². The van der Waals surface area contributed by atoms with Crippen LogP contribution in [-0.4, -0.2) is 30.1 Å². The molecule has 3 nitrogen and oxygen atoms in total. The van der Waals surface area contributed by atoms with Gasteiger partial charge in [-0.3, -0.25) is 0 Å². The first-order chi connectivity index (χ1) is 13.5. The SMILES string of the molecule is CO[C@H]1C[C@]2(C)/C(=C\C#N)CC[C@H]2[C@@H]2CC[C@@H]3C[C@@](O)(C(F)(F)F)CC[C@]3(C)[C@H]21. The van der Waals surface area contributed by atoms with Gasteiger partial charge in [0.25, 0.3) is 0 Å². The molecular weight excluding hydrogens is 379 g/mol. The van der Waals surface area contributed by atoms with E-state index in [9.17, 15) is 23.5 Å². The van der Waals surface area contributed by atoms with Crippen molar-refractivity contribution in [1.29, 1.82) is 5.26 Å². The van der Waals surface area contributed by atoms with E-state index in [0.29, 0.717) is 18.3 Å². The summed E-state index contributed by atoms with van der Waals surface area (Å²) in [6, 6.07) is 2.21. The lowest BCUT2D eigenvalue weighted by atomic mass is 9.43. The highest BCUT2D eigenvalue weighted by Gasteiger charge is 2.66. The van der Waals surface area contributed by atoms with Crippen LogP contribution >= 0.6 is 0 Å². The van der Waals surface area contributed by atoms with Crippen molar-refractivity contribution >= 4 is 0 Å². The molecule has 0 radical (unpaired) electrons. The molecule has 0 aliphatic heterocycles. The molecule has 4 aliphatic rings. The molecule has 8 atom stereocenters. The minimum Gasteiger partial charge on any atom is -0.381 e. The number of aliphatic hydroxyl groups is 1. The zero-order valence-corrected chi connectivity index (χ0v) is 17.6. The number of rotatable bonds is 1. The lowest BCUT2D eigenvalue weighted by Gasteiger charge is -2.63. The van der Waals surface area contributed by atoms with Gasteiger partial charge in [0, 0.05) is 13.2 Å². The topological polar surface area (TPSA) is 53.2 Å². The molecule has 0 aromatic rings. The summed E-state index contributed by atoms with van der Waals surface area (Å²) < 4.78 is 46.6. The highest BCUT2D eigenvalue weighted by molar-refractivity contribution is 5.29. The number of hydrogen-bond donors (Lipinski definition) is 1. The smallest absolute Gasteiger partial charge is 0.381 e. The highest BCUT2D eigenvalue weighted by atomic mass is 19.4. The van der Waals surface area contributed by atoms with Gasteiger partial charge in [-0.2, -0.15) is 18.4 Å². The summed E-state index contributed by atoms with van der Waals surface area (Å²) in [6.45, 7) is 4.41.